The van der Waals surface area contributed by atoms with Crippen LogP contribution in [0.2, 0.25) is 0 Å². The van der Waals surface area contributed by atoms with E-state index >= 15 is 0 Å². The lowest BCUT2D eigenvalue weighted by molar-refractivity contribution is -0.118. The molecule has 1 aromatic carbocycles. The molecule has 1 aromatic rings. The molecule has 136 valence electrons. The van der Waals surface area contributed by atoms with Crippen molar-refractivity contribution >= 4 is 14.1 Å². The van der Waals surface area contributed by atoms with Gasteiger partial charge in [-0.25, -0.2) is 8.96 Å². The van der Waals surface area contributed by atoms with Gasteiger partial charge in [0.15, 0.2) is 6.29 Å². The smallest absolute Gasteiger partial charge is 0.404 e. The van der Waals surface area contributed by atoms with Crippen LogP contribution in [0.4, 0.5) is 4.39 Å². The van der Waals surface area contributed by atoms with Crippen molar-refractivity contribution in [1.82, 2.24) is 5.32 Å². The van der Waals surface area contributed by atoms with Crippen molar-refractivity contribution in [2.24, 2.45) is 5.73 Å². The lowest BCUT2D eigenvalue weighted by Crippen LogP contribution is -2.36. The van der Waals surface area contributed by atoms with Crippen molar-refractivity contribution in [2.45, 2.75) is 31.4 Å². The second kappa shape index (κ2) is 9.86. The van der Waals surface area contributed by atoms with Crippen molar-refractivity contribution in [3.63, 3.8) is 0 Å². The molecule has 0 aromatic heterocycles. The van der Waals surface area contributed by atoms with Crippen molar-refractivity contribution < 1.29 is 28.1 Å². The van der Waals surface area contributed by atoms with E-state index in [0.717, 1.165) is 25.7 Å². The van der Waals surface area contributed by atoms with Gasteiger partial charge >= 0.3 is 7.82 Å². The first-order valence-electron chi connectivity index (χ1n) is 7.72. The van der Waals surface area contributed by atoms with Gasteiger partial charge in [0.1, 0.15) is 5.75 Å². The summed E-state index contributed by atoms with van der Waals surface area (Å²) in [6, 6.07) is 4.95. The summed E-state index contributed by atoms with van der Waals surface area (Å²) in [7, 11) is -4.67. The highest BCUT2D eigenvalue weighted by atomic mass is 31.2. The summed E-state index contributed by atoms with van der Waals surface area (Å²) in [6.45, 7) is 1.07. The summed E-state index contributed by atoms with van der Waals surface area (Å²) in [4.78, 5) is 28.6. The van der Waals surface area contributed by atoms with Crippen molar-refractivity contribution in [1.29, 1.82) is 0 Å². The SMILES string of the molecule is NCCCCCCNCC(F)(C=O)c1ccc(OP(=O)(O)O)cc1. The number of nitrogens with two attached hydrogens (primary N) is 1. The van der Waals surface area contributed by atoms with Gasteiger partial charge in [0.25, 0.3) is 0 Å². The normalized spacial score (nSPS) is 14.2. The summed E-state index contributed by atoms with van der Waals surface area (Å²) >= 11 is 0. The number of alkyl halides is 1. The molecule has 9 heteroatoms. The number of rotatable bonds is 12. The lowest BCUT2D eigenvalue weighted by Gasteiger charge is -2.20. The van der Waals surface area contributed by atoms with Crippen LogP contribution in [-0.2, 0) is 15.0 Å². The topological polar surface area (TPSA) is 122 Å². The third-order valence-electron chi connectivity index (χ3n) is 3.44. The molecule has 0 aliphatic heterocycles. The summed E-state index contributed by atoms with van der Waals surface area (Å²) in [6.07, 6.45) is 4.05. The molecule has 7 nitrogen and oxygen atoms in total. The van der Waals surface area contributed by atoms with Crippen LogP contribution < -0.4 is 15.6 Å². The van der Waals surface area contributed by atoms with Crippen LogP contribution in [0.1, 0.15) is 31.2 Å². The number of carbonyl (C=O) groups excluding carboxylic acids is 1. The monoisotopic (exact) mass is 362 g/mol. The van der Waals surface area contributed by atoms with Crippen LogP contribution in [0.25, 0.3) is 0 Å². The van der Waals surface area contributed by atoms with E-state index in [4.69, 9.17) is 15.5 Å². The molecule has 0 spiro atoms. The Hall–Kier alpha value is -1.31. The first kappa shape index (κ1) is 20.7. The number of benzene rings is 1. The predicted octanol–water partition coefficient (Wildman–Crippen LogP) is 1.63. The zero-order valence-corrected chi connectivity index (χ0v) is 14.3. The molecule has 0 saturated carbocycles. The highest BCUT2D eigenvalue weighted by Crippen LogP contribution is 2.38. The number of hydrogen-bond donors (Lipinski definition) is 4. The van der Waals surface area contributed by atoms with E-state index in [1.807, 2.05) is 0 Å². The summed E-state index contributed by atoms with van der Waals surface area (Å²) in [5, 5.41) is 2.91. The minimum Gasteiger partial charge on any atom is -0.404 e. The molecule has 1 atom stereocenters. The zero-order valence-electron chi connectivity index (χ0n) is 13.4. The van der Waals surface area contributed by atoms with E-state index in [1.165, 1.54) is 24.3 Å². The number of nitrogens with one attached hydrogen (secondary N) is 1. The zero-order chi connectivity index (χ0) is 18.1. The molecule has 0 heterocycles. The highest BCUT2D eigenvalue weighted by Gasteiger charge is 2.31. The summed E-state index contributed by atoms with van der Waals surface area (Å²) in [5.74, 6) is -0.104. The quantitative estimate of drug-likeness (QED) is 0.253. The number of unbranched alkanes of at least 4 members (excludes halogenated alkanes) is 3. The third-order valence-corrected chi connectivity index (χ3v) is 3.88. The summed E-state index contributed by atoms with van der Waals surface area (Å²) in [5.41, 5.74) is 3.28. The number of phosphoric acid groups is 1. The first-order valence-corrected chi connectivity index (χ1v) is 9.25. The molecule has 1 unspecified atom stereocenters. The molecular weight excluding hydrogens is 338 g/mol. The largest absolute Gasteiger partial charge is 0.524 e. The Bertz CT molecular complexity index is 551. The van der Waals surface area contributed by atoms with E-state index in [1.54, 1.807) is 0 Å². The minimum atomic E-state index is -4.67. The molecule has 1 rings (SSSR count). The first-order chi connectivity index (χ1) is 11.3. The van der Waals surface area contributed by atoms with Gasteiger partial charge in [0.05, 0.1) is 0 Å². The van der Waals surface area contributed by atoms with Gasteiger partial charge in [-0.3, -0.25) is 14.6 Å². The van der Waals surface area contributed by atoms with Crippen LogP contribution in [0.5, 0.6) is 5.75 Å². The highest BCUT2D eigenvalue weighted by molar-refractivity contribution is 7.46. The fourth-order valence-corrected chi connectivity index (χ4v) is 2.56. The molecule has 0 fully saturated rings. The minimum absolute atomic E-state index is 0.0891. The van der Waals surface area contributed by atoms with E-state index in [0.29, 0.717) is 13.1 Å². The van der Waals surface area contributed by atoms with E-state index in [9.17, 15) is 13.8 Å². The standard InChI is InChI=1S/C15H24FN2O5P/c16-15(12-19,11-18-10-4-2-1-3-9-17)13-5-7-14(8-6-13)23-24(20,21)22/h5-8,12,18H,1-4,9-11,17H2,(H2,20,21,22). The maximum Gasteiger partial charge on any atom is 0.524 e. The maximum atomic E-state index is 14.7. The molecular formula is C15H24FN2O5P. The van der Waals surface area contributed by atoms with E-state index in [-0.39, 0.29) is 24.1 Å². The lowest BCUT2D eigenvalue weighted by atomic mass is 9.97. The molecule has 0 saturated heterocycles. The Morgan fingerprint density at radius 2 is 1.83 bits per heavy atom. The Labute approximate surface area is 140 Å². The average molecular weight is 362 g/mol. The molecule has 0 radical (unpaired) electrons. The maximum absolute atomic E-state index is 14.7. The van der Waals surface area contributed by atoms with Crippen LogP contribution >= 0.6 is 7.82 Å². The number of hydrogen-bond acceptors (Lipinski definition) is 5. The van der Waals surface area contributed by atoms with Gasteiger partial charge in [-0.05, 0) is 43.6 Å². The van der Waals surface area contributed by atoms with Crippen molar-refractivity contribution in [2.75, 3.05) is 19.6 Å². The van der Waals surface area contributed by atoms with Gasteiger partial charge in [0.2, 0.25) is 5.67 Å². The van der Waals surface area contributed by atoms with E-state index in [2.05, 4.69) is 9.84 Å². The third kappa shape index (κ3) is 7.51. The van der Waals surface area contributed by atoms with Crippen LogP contribution in [0.3, 0.4) is 0 Å². The number of phosphoric ester groups is 1. The van der Waals surface area contributed by atoms with Gasteiger partial charge < -0.3 is 15.6 Å². The molecule has 24 heavy (non-hydrogen) atoms. The molecule has 0 aliphatic rings. The summed E-state index contributed by atoms with van der Waals surface area (Å²) < 4.78 is 29.8. The Kier molecular flexibility index (Phi) is 8.52. The Morgan fingerprint density at radius 3 is 2.38 bits per heavy atom. The average Bonchev–Trinajstić information content (AvgIpc) is 2.53. The number of aldehydes is 1. The number of halogens is 1. The Morgan fingerprint density at radius 1 is 1.21 bits per heavy atom. The van der Waals surface area contributed by atoms with Gasteiger partial charge in [-0.2, -0.15) is 0 Å². The van der Waals surface area contributed by atoms with Crippen molar-refractivity contribution in [3.05, 3.63) is 29.8 Å². The molecule has 0 bridgehead atoms. The van der Waals surface area contributed by atoms with E-state index < -0.39 is 13.5 Å². The number of carbonyl (C=O) groups is 1. The van der Waals surface area contributed by atoms with Gasteiger partial charge in [0, 0.05) is 6.54 Å². The van der Waals surface area contributed by atoms with Gasteiger partial charge in [-0.15, -0.1) is 0 Å². The van der Waals surface area contributed by atoms with Crippen LogP contribution in [0.15, 0.2) is 24.3 Å². The van der Waals surface area contributed by atoms with Crippen LogP contribution in [0, 0.1) is 0 Å². The molecule has 0 aliphatic carbocycles. The van der Waals surface area contributed by atoms with Gasteiger partial charge in [-0.1, -0.05) is 25.0 Å². The molecule has 5 N–H and O–H groups in total. The fraction of sp³-hybridized carbons (Fsp3) is 0.533. The van der Waals surface area contributed by atoms with Crippen LogP contribution in [-0.4, -0.2) is 35.7 Å². The second-order valence-corrected chi connectivity index (χ2v) is 6.63. The predicted molar refractivity (Wildman–Crippen MR) is 88.4 cm³/mol. The fourth-order valence-electron chi connectivity index (χ4n) is 2.16. The van der Waals surface area contributed by atoms with Crippen molar-refractivity contribution in [3.8, 4) is 5.75 Å². The Balaban J connectivity index is 2.54. The molecule has 0 amide bonds. The second-order valence-electron chi connectivity index (χ2n) is 5.47.